The van der Waals surface area contributed by atoms with E-state index in [0.29, 0.717) is 16.7 Å². The molecule has 1 N–H and O–H groups in total. The van der Waals surface area contributed by atoms with E-state index in [1.165, 1.54) is 0 Å². The van der Waals surface area contributed by atoms with Crippen LogP contribution in [-0.2, 0) is 13.7 Å². The number of imidazole rings is 1. The summed E-state index contributed by atoms with van der Waals surface area (Å²) >= 11 is 5.95. The van der Waals surface area contributed by atoms with E-state index in [1.807, 2.05) is 31.3 Å². The Balaban J connectivity index is 2.52. The molecule has 17 heavy (non-hydrogen) atoms. The third-order valence-electron chi connectivity index (χ3n) is 2.64. The molecule has 0 bridgehead atoms. The van der Waals surface area contributed by atoms with Crippen LogP contribution in [0.1, 0.15) is 5.69 Å². The van der Waals surface area contributed by atoms with Crippen molar-refractivity contribution in [1.29, 1.82) is 0 Å². The van der Waals surface area contributed by atoms with Crippen LogP contribution in [-0.4, -0.2) is 21.8 Å². The van der Waals surface area contributed by atoms with Gasteiger partial charge in [-0.3, -0.25) is 0 Å². The van der Waals surface area contributed by atoms with Crippen molar-refractivity contribution < 1.29 is 9.84 Å². The van der Waals surface area contributed by atoms with Gasteiger partial charge in [0.1, 0.15) is 11.6 Å². The molecule has 0 atom stereocenters. The van der Waals surface area contributed by atoms with E-state index in [-0.39, 0.29) is 6.61 Å². The van der Waals surface area contributed by atoms with Crippen molar-refractivity contribution in [3.63, 3.8) is 0 Å². The molecule has 0 unspecified atom stereocenters. The van der Waals surface area contributed by atoms with Crippen LogP contribution in [0.25, 0.3) is 11.4 Å². The average molecular weight is 253 g/mol. The summed E-state index contributed by atoms with van der Waals surface area (Å²) in [6, 6.07) is 7.54. The number of hydrogen-bond acceptors (Lipinski definition) is 3. The molecule has 5 heteroatoms. The van der Waals surface area contributed by atoms with Gasteiger partial charge in [-0.1, -0.05) is 23.7 Å². The molecule has 0 fully saturated rings. The van der Waals surface area contributed by atoms with E-state index in [0.717, 1.165) is 11.3 Å². The second-order valence-electron chi connectivity index (χ2n) is 3.62. The number of benzene rings is 1. The Morgan fingerprint density at radius 3 is 2.82 bits per heavy atom. The number of rotatable bonds is 3. The summed E-state index contributed by atoms with van der Waals surface area (Å²) in [6.07, 6.45) is 0. The molecule has 0 spiro atoms. The number of hydrogen-bond donors (Lipinski definition) is 1. The summed E-state index contributed by atoms with van der Waals surface area (Å²) in [5.41, 5.74) is 1.50. The van der Waals surface area contributed by atoms with Gasteiger partial charge in [0.25, 0.3) is 0 Å². The van der Waals surface area contributed by atoms with Crippen molar-refractivity contribution in [3.05, 3.63) is 35.1 Å². The minimum atomic E-state index is -0.133. The summed E-state index contributed by atoms with van der Waals surface area (Å²) in [6.45, 7) is -0.133. The number of nitrogens with zero attached hydrogens (tertiary/aromatic N) is 2. The molecule has 4 nitrogen and oxygen atoms in total. The molecule has 2 aromatic rings. The van der Waals surface area contributed by atoms with Gasteiger partial charge in [-0.15, -0.1) is 0 Å². The van der Waals surface area contributed by atoms with Crippen LogP contribution in [0.3, 0.4) is 0 Å². The number of aliphatic hydroxyl groups excluding tert-OH is 1. The predicted molar refractivity (Wildman–Crippen MR) is 66.1 cm³/mol. The third kappa shape index (κ3) is 2.14. The van der Waals surface area contributed by atoms with Crippen molar-refractivity contribution in [2.45, 2.75) is 6.61 Å². The van der Waals surface area contributed by atoms with E-state index < -0.39 is 0 Å². The summed E-state index contributed by atoms with van der Waals surface area (Å²) in [7, 11) is 3.43. The Morgan fingerprint density at radius 2 is 2.24 bits per heavy atom. The van der Waals surface area contributed by atoms with Crippen LogP contribution in [0.15, 0.2) is 24.3 Å². The molecule has 1 aromatic carbocycles. The van der Waals surface area contributed by atoms with Crippen molar-refractivity contribution in [3.8, 4) is 17.1 Å². The fourth-order valence-corrected chi connectivity index (χ4v) is 1.96. The van der Waals surface area contributed by atoms with Crippen LogP contribution in [0.2, 0.25) is 5.15 Å². The number of ether oxygens (including phenoxy) is 1. The number of methoxy groups -OCH3 is 1. The SMILES string of the molecule is COc1cccc(-c2nc(Cl)c(CO)n2C)c1. The summed E-state index contributed by atoms with van der Waals surface area (Å²) in [5, 5.41) is 9.52. The quantitative estimate of drug-likeness (QED) is 0.911. The molecule has 0 aliphatic rings. The van der Waals surface area contributed by atoms with Gasteiger partial charge in [0.2, 0.25) is 0 Å². The standard InChI is InChI=1S/C12H13ClN2O2/c1-15-10(7-16)11(13)14-12(15)8-4-3-5-9(6-8)17-2/h3-6,16H,7H2,1-2H3. The summed E-state index contributed by atoms with van der Waals surface area (Å²) in [5.74, 6) is 1.46. The minimum absolute atomic E-state index is 0.133. The molecule has 0 aliphatic heterocycles. The first-order chi connectivity index (χ1) is 8.17. The van der Waals surface area contributed by atoms with Crippen LogP contribution in [0.4, 0.5) is 0 Å². The molecule has 2 rings (SSSR count). The van der Waals surface area contributed by atoms with Gasteiger partial charge >= 0.3 is 0 Å². The first-order valence-electron chi connectivity index (χ1n) is 5.13. The van der Waals surface area contributed by atoms with Gasteiger partial charge in [0.15, 0.2) is 5.15 Å². The Kier molecular flexibility index (Phi) is 3.36. The molecule has 1 aromatic heterocycles. The average Bonchev–Trinajstić information content (AvgIpc) is 2.64. The normalized spacial score (nSPS) is 10.6. The molecule has 1 heterocycles. The summed E-state index contributed by atoms with van der Waals surface area (Å²) < 4.78 is 6.94. The highest BCUT2D eigenvalue weighted by Crippen LogP contribution is 2.26. The summed E-state index contributed by atoms with van der Waals surface area (Å²) in [4.78, 5) is 4.24. The lowest BCUT2D eigenvalue weighted by molar-refractivity contribution is 0.273. The van der Waals surface area contributed by atoms with Crippen molar-refractivity contribution in [1.82, 2.24) is 9.55 Å². The zero-order valence-electron chi connectivity index (χ0n) is 9.64. The van der Waals surface area contributed by atoms with Crippen LogP contribution in [0, 0.1) is 0 Å². The molecule has 0 radical (unpaired) electrons. The number of aliphatic hydroxyl groups is 1. The lowest BCUT2D eigenvalue weighted by atomic mass is 10.2. The highest BCUT2D eigenvalue weighted by Gasteiger charge is 2.13. The maximum absolute atomic E-state index is 9.19. The predicted octanol–water partition coefficient (Wildman–Crippen LogP) is 2.24. The monoisotopic (exact) mass is 252 g/mol. The van der Waals surface area contributed by atoms with E-state index in [9.17, 15) is 5.11 Å². The molecular weight excluding hydrogens is 240 g/mol. The maximum Gasteiger partial charge on any atom is 0.153 e. The van der Waals surface area contributed by atoms with E-state index in [4.69, 9.17) is 16.3 Å². The molecule has 0 saturated heterocycles. The Bertz CT molecular complexity index is 537. The molecule has 0 aliphatic carbocycles. The topological polar surface area (TPSA) is 47.3 Å². The van der Waals surface area contributed by atoms with Crippen LogP contribution in [0.5, 0.6) is 5.75 Å². The van der Waals surface area contributed by atoms with Crippen LogP contribution < -0.4 is 4.74 Å². The lowest BCUT2D eigenvalue weighted by Crippen LogP contribution is -1.98. The van der Waals surface area contributed by atoms with Gasteiger partial charge < -0.3 is 14.4 Å². The fourth-order valence-electron chi connectivity index (χ4n) is 1.69. The van der Waals surface area contributed by atoms with Crippen LogP contribution >= 0.6 is 11.6 Å². The first-order valence-corrected chi connectivity index (χ1v) is 5.51. The third-order valence-corrected chi connectivity index (χ3v) is 2.95. The Hall–Kier alpha value is -1.52. The maximum atomic E-state index is 9.19. The van der Waals surface area contributed by atoms with Gasteiger partial charge in [-0.2, -0.15) is 0 Å². The van der Waals surface area contributed by atoms with E-state index in [2.05, 4.69) is 4.98 Å². The molecule has 0 amide bonds. The smallest absolute Gasteiger partial charge is 0.153 e. The Morgan fingerprint density at radius 1 is 1.47 bits per heavy atom. The van der Waals surface area contributed by atoms with Crippen molar-refractivity contribution >= 4 is 11.6 Å². The highest BCUT2D eigenvalue weighted by atomic mass is 35.5. The number of aromatic nitrogens is 2. The van der Waals surface area contributed by atoms with Gasteiger partial charge in [-0.05, 0) is 12.1 Å². The van der Waals surface area contributed by atoms with Crippen molar-refractivity contribution in [2.24, 2.45) is 7.05 Å². The van der Waals surface area contributed by atoms with Gasteiger partial charge in [0.05, 0.1) is 19.4 Å². The van der Waals surface area contributed by atoms with E-state index >= 15 is 0 Å². The zero-order chi connectivity index (χ0) is 12.4. The molecule has 0 saturated carbocycles. The largest absolute Gasteiger partial charge is 0.497 e. The Labute approximate surface area is 104 Å². The zero-order valence-corrected chi connectivity index (χ0v) is 10.4. The van der Waals surface area contributed by atoms with Gasteiger partial charge in [0, 0.05) is 12.6 Å². The minimum Gasteiger partial charge on any atom is -0.497 e. The molecular formula is C12H13ClN2O2. The fraction of sp³-hybridized carbons (Fsp3) is 0.250. The molecule has 90 valence electrons. The van der Waals surface area contributed by atoms with E-state index in [1.54, 1.807) is 11.7 Å². The number of halogens is 1. The first kappa shape index (κ1) is 12.0. The van der Waals surface area contributed by atoms with Crippen molar-refractivity contribution in [2.75, 3.05) is 7.11 Å². The van der Waals surface area contributed by atoms with Gasteiger partial charge in [-0.25, -0.2) is 4.98 Å². The highest BCUT2D eigenvalue weighted by molar-refractivity contribution is 6.30. The second kappa shape index (κ2) is 4.77. The second-order valence-corrected chi connectivity index (χ2v) is 3.98. The lowest BCUT2D eigenvalue weighted by Gasteiger charge is -2.05.